The number of nitrogens with zero attached hydrogens (tertiary/aromatic N) is 1. The Morgan fingerprint density at radius 3 is 2.74 bits per heavy atom. The third-order valence-corrected chi connectivity index (χ3v) is 3.86. The summed E-state index contributed by atoms with van der Waals surface area (Å²) < 4.78 is 0. The highest BCUT2D eigenvalue weighted by Crippen LogP contribution is 2.47. The summed E-state index contributed by atoms with van der Waals surface area (Å²) >= 11 is 0. The van der Waals surface area contributed by atoms with Crippen LogP contribution in [0.1, 0.15) is 36.5 Å². The van der Waals surface area contributed by atoms with Crippen LogP contribution in [-0.2, 0) is 0 Å². The maximum Gasteiger partial charge on any atom is 0.292 e. The van der Waals surface area contributed by atoms with E-state index in [1.54, 1.807) is 0 Å². The molecule has 0 spiro atoms. The summed E-state index contributed by atoms with van der Waals surface area (Å²) in [4.78, 5) is 22.2. The summed E-state index contributed by atoms with van der Waals surface area (Å²) in [5.74, 6) is -0.346. The average molecular weight is 263 g/mol. The first-order valence-electron chi connectivity index (χ1n) is 6.30. The number of carbonyl (C=O) groups excluding carboxylic acids is 1. The van der Waals surface area contributed by atoms with Gasteiger partial charge in [0.05, 0.1) is 10.5 Å². The second-order valence-corrected chi connectivity index (χ2v) is 5.03. The lowest BCUT2D eigenvalue weighted by Crippen LogP contribution is -2.30. The van der Waals surface area contributed by atoms with Crippen LogP contribution in [0.4, 0.5) is 11.4 Å². The fourth-order valence-electron chi connectivity index (χ4n) is 2.11. The number of hydrogen-bond acceptors (Lipinski definition) is 4. The minimum atomic E-state index is -0.583. The van der Waals surface area contributed by atoms with Gasteiger partial charge >= 0.3 is 0 Å². The second-order valence-electron chi connectivity index (χ2n) is 5.03. The van der Waals surface area contributed by atoms with Crippen LogP contribution in [0, 0.1) is 15.5 Å². The Morgan fingerprint density at radius 2 is 2.21 bits per heavy atom. The zero-order valence-corrected chi connectivity index (χ0v) is 10.8. The standard InChI is InChI=1S/C13H17N3O3/c1-2-13(6-7-13)8-15-12(17)9-4-3-5-10(11(9)14)16(18)19/h3-5H,2,6-8,14H2,1H3,(H,15,17). The molecule has 0 heterocycles. The summed E-state index contributed by atoms with van der Waals surface area (Å²) in [5, 5.41) is 13.6. The molecule has 2 rings (SSSR count). The van der Waals surface area contributed by atoms with E-state index >= 15 is 0 Å². The maximum atomic E-state index is 12.0. The highest BCUT2D eigenvalue weighted by Gasteiger charge is 2.40. The van der Waals surface area contributed by atoms with E-state index in [0.717, 1.165) is 19.3 Å². The first kappa shape index (κ1) is 13.3. The van der Waals surface area contributed by atoms with Gasteiger partial charge < -0.3 is 11.1 Å². The third kappa shape index (κ3) is 2.67. The molecule has 3 N–H and O–H groups in total. The number of benzene rings is 1. The number of nitro benzene ring substituents is 1. The van der Waals surface area contributed by atoms with Gasteiger partial charge in [0.1, 0.15) is 5.69 Å². The van der Waals surface area contributed by atoms with E-state index in [9.17, 15) is 14.9 Å². The predicted octanol–water partition coefficient (Wildman–Crippen LogP) is 2.10. The van der Waals surface area contributed by atoms with Crippen LogP contribution in [0.15, 0.2) is 18.2 Å². The number of nitrogen functional groups attached to an aromatic ring is 1. The molecule has 0 radical (unpaired) electrons. The van der Waals surface area contributed by atoms with Crippen molar-refractivity contribution in [3.8, 4) is 0 Å². The molecule has 1 aromatic carbocycles. The first-order valence-corrected chi connectivity index (χ1v) is 6.30. The Balaban J connectivity index is 2.11. The Labute approximate surface area is 111 Å². The topological polar surface area (TPSA) is 98.3 Å². The molecule has 0 saturated heterocycles. The molecule has 0 aliphatic heterocycles. The Morgan fingerprint density at radius 1 is 1.53 bits per heavy atom. The quantitative estimate of drug-likeness (QED) is 0.482. The van der Waals surface area contributed by atoms with Crippen LogP contribution in [-0.4, -0.2) is 17.4 Å². The van der Waals surface area contributed by atoms with Crippen LogP contribution in [0.25, 0.3) is 0 Å². The van der Waals surface area contributed by atoms with E-state index in [2.05, 4.69) is 12.2 Å². The van der Waals surface area contributed by atoms with Crippen molar-refractivity contribution in [2.24, 2.45) is 5.41 Å². The fourth-order valence-corrected chi connectivity index (χ4v) is 2.11. The van der Waals surface area contributed by atoms with Gasteiger partial charge in [0.15, 0.2) is 0 Å². The Kier molecular flexibility index (Phi) is 3.42. The number of nitrogens with two attached hydrogens (primary N) is 1. The normalized spacial score (nSPS) is 15.8. The minimum Gasteiger partial charge on any atom is -0.393 e. The van der Waals surface area contributed by atoms with Crippen molar-refractivity contribution >= 4 is 17.3 Å². The summed E-state index contributed by atoms with van der Waals surface area (Å²) in [5.41, 5.74) is 5.76. The van der Waals surface area contributed by atoms with Crippen molar-refractivity contribution in [1.29, 1.82) is 0 Å². The molecule has 0 aromatic heterocycles. The lowest BCUT2D eigenvalue weighted by Gasteiger charge is -2.14. The van der Waals surface area contributed by atoms with Crippen LogP contribution in [0.3, 0.4) is 0 Å². The zero-order valence-electron chi connectivity index (χ0n) is 10.8. The van der Waals surface area contributed by atoms with Gasteiger partial charge in [0.25, 0.3) is 11.6 Å². The van der Waals surface area contributed by atoms with Crippen LogP contribution in [0.5, 0.6) is 0 Å². The molecule has 1 saturated carbocycles. The number of nitrogens with one attached hydrogen (secondary N) is 1. The van der Waals surface area contributed by atoms with Crippen LogP contribution in [0.2, 0.25) is 0 Å². The average Bonchev–Trinajstić information content (AvgIpc) is 3.16. The zero-order chi connectivity index (χ0) is 14.0. The van der Waals surface area contributed by atoms with Crippen molar-refractivity contribution in [2.45, 2.75) is 26.2 Å². The Bertz CT molecular complexity index is 524. The highest BCUT2D eigenvalue weighted by molar-refractivity contribution is 6.01. The molecule has 1 aliphatic carbocycles. The minimum absolute atomic E-state index is 0.0775. The van der Waals surface area contributed by atoms with E-state index in [-0.39, 0.29) is 28.3 Å². The molecule has 1 aliphatic rings. The highest BCUT2D eigenvalue weighted by atomic mass is 16.6. The number of carbonyl (C=O) groups is 1. The second kappa shape index (κ2) is 4.87. The maximum absolute atomic E-state index is 12.0. The smallest absolute Gasteiger partial charge is 0.292 e. The van der Waals surface area contributed by atoms with E-state index in [1.165, 1.54) is 18.2 Å². The third-order valence-electron chi connectivity index (χ3n) is 3.86. The van der Waals surface area contributed by atoms with Gasteiger partial charge in [-0.2, -0.15) is 0 Å². The van der Waals surface area contributed by atoms with E-state index in [1.807, 2.05) is 0 Å². The number of anilines is 1. The summed E-state index contributed by atoms with van der Waals surface area (Å²) in [6, 6.07) is 4.26. The summed E-state index contributed by atoms with van der Waals surface area (Å²) in [6.45, 7) is 2.70. The van der Waals surface area contributed by atoms with Crippen molar-refractivity contribution in [3.63, 3.8) is 0 Å². The molecular formula is C13H17N3O3. The molecule has 0 atom stereocenters. The molecular weight excluding hydrogens is 246 g/mol. The molecule has 1 amide bonds. The molecule has 6 heteroatoms. The largest absolute Gasteiger partial charge is 0.393 e. The molecule has 1 aromatic rings. The van der Waals surface area contributed by atoms with Gasteiger partial charge in [-0.3, -0.25) is 14.9 Å². The van der Waals surface area contributed by atoms with E-state index in [4.69, 9.17) is 5.73 Å². The summed E-state index contributed by atoms with van der Waals surface area (Å²) in [6.07, 6.45) is 3.26. The molecule has 6 nitrogen and oxygen atoms in total. The van der Waals surface area contributed by atoms with Gasteiger partial charge in [-0.05, 0) is 30.7 Å². The van der Waals surface area contributed by atoms with Gasteiger partial charge in [-0.1, -0.05) is 13.0 Å². The number of nitro groups is 1. The van der Waals surface area contributed by atoms with Gasteiger partial charge in [-0.15, -0.1) is 0 Å². The first-order chi connectivity index (χ1) is 8.99. The SMILES string of the molecule is CCC1(CNC(=O)c2cccc([N+](=O)[O-])c2N)CC1. The van der Waals surface area contributed by atoms with Gasteiger partial charge in [0.2, 0.25) is 0 Å². The van der Waals surface area contributed by atoms with E-state index < -0.39 is 4.92 Å². The van der Waals surface area contributed by atoms with Crippen LogP contribution >= 0.6 is 0 Å². The van der Waals surface area contributed by atoms with Crippen molar-refractivity contribution in [3.05, 3.63) is 33.9 Å². The fraction of sp³-hybridized carbons (Fsp3) is 0.462. The predicted molar refractivity (Wildman–Crippen MR) is 71.8 cm³/mol. The van der Waals surface area contributed by atoms with Crippen molar-refractivity contribution < 1.29 is 9.72 Å². The monoisotopic (exact) mass is 263 g/mol. The molecule has 0 unspecified atom stereocenters. The number of amides is 1. The number of para-hydroxylation sites is 1. The summed E-state index contributed by atoms with van der Waals surface area (Å²) in [7, 11) is 0. The van der Waals surface area contributed by atoms with Gasteiger partial charge in [0, 0.05) is 12.6 Å². The number of hydrogen-bond donors (Lipinski definition) is 2. The van der Waals surface area contributed by atoms with Crippen LogP contribution < -0.4 is 11.1 Å². The molecule has 1 fully saturated rings. The molecule has 102 valence electrons. The Hall–Kier alpha value is -2.11. The van der Waals surface area contributed by atoms with Crippen molar-refractivity contribution in [1.82, 2.24) is 5.32 Å². The lowest BCUT2D eigenvalue weighted by molar-refractivity contribution is -0.383. The van der Waals surface area contributed by atoms with Crippen molar-refractivity contribution in [2.75, 3.05) is 12.3 Å². The lowest BCUT2D eigenvalue weighted by atomic mass is 10.0. The molecule has 0 bridgehead atoms. The van der Waals surface area contributed by atoms with Gasteiger partial charge in [-0.25, -0.2) is 0 Å². The van der Waals surface area contributed by atoms with E-state index in [0.29, 0.717) is 6.54 Å². The molecule has 19 heavy (non-hydrogen) atoms. The number of rotatable bonds is 5.